The van der Waals surface area contributed by atoms with Crippen molar-refractivity contribution in [1.82, 2.24) is 0 Å². The van der Waals surface area contributed by atoms with Gasteiger partial charge < -0.3 is 10.1 Å². The third kappa shape index (κ3) is 6.45. The number of amides is 1. The average Bonchev–Trinajstić information content (AvgIpc) is 2.70. The van der Waals surface area contributed by atoms with Crippen molar-refractivity contribution in [3.05, 3.63) is 98.0 Å². The van der Waals surface area contributed by atoms with Gasteiger partial charge in [0.15, 0.2) is 0 Å². The van der Waals surface area contributed by atoms with Crippen LogP contribution in [0.5, 0.6) is 5.75 Å². The van der Waals surface area contributed by atoms with Crippen molar-refractivity contribution in [2.24, 2.45) is 0 Å². The van der Waals surface area contributed by atoms with E-state index in [-0.39, 0.29) is 5.57 Å². The molecular weight excluding hydrogens is 476 g/mol. The molecule has 0 aliphatic rings. The molecule has 0 atom stereocenters. The minimum Gasteiger partial charge on any atom is -0.488 e. The highest BCUT2D eigenvalue weighted by Gasteiger charge is 2.11. The van der Waals surface area contributed by atoms with Crippen molar-refractivity contribution >= 4 is 45.2 Å². The third-order valence-corrected chi connectivity index (χ3v) is 5.25. The van der Waals surface area contributed by atoms with Crippen molar-refractivity contribution in [3.63, 3.8) is 0 Å². The molecule has 0 aromatic heterocycles. The number of carbonyl (C=O) groups is 1. The molecule has 0 saturated heterocycles. The summed E-state index contributed by atoms with van der Waals surface area (Å²) in [5, 5.41) is 12.6. The van der Waals surface area contributed by atoms with Crippen LogP contribution in [-0.2, 0) is 11.4 Å². The molecule has 0 aliphatic carbocycles. The molecule has 3 aromatic rings. The summed E-state index contributed by atoms with van der Waals surface area (Å²) < 4.78 is 6.67. The Balaban J connectivity index is 1.72. The Morgan fingerprint density at radius 2 is 1.87 bits per heavy atom. The maximum atomic E-state index is 12.4. The highest BCUT2D eigenvalue weighted by Crippen LogP contribution is 2.28. The molecule has 0 fully saturated rings. The van der Waals surface area contributed by atoms with Gasteiger partial charge in [-0.1, -0.05) is 53.1 Å². The zero-order valence-corrected chi connectivity index (χ0v) is 19.4. The van der Waals surface area contributed by atoms with Crippen LogP contribution in [0.25, 0.3) is 6.08 Å². The lowest BCUT2D eigenvalue weighted by Gasteiger charge is -2.10. The summed E-state index contributed by atoms with van der Waals surface area (Å²) in [4.78, 5) is 12.4. The molecule has 0 heterocycles. The van der Waals surface area contributed by atoms with E-state index in [1.165, 1.54) is 17.2 Å². The number of anilines is 1. The van der Waals surface area contributed by atoms with Gasteiger partial charge in [-0.15, -0.1) is 0 Å². The summed E-state index contributed by atoms with van der Waals surface area (Å²) >= 11 is 9.44. The van der Waals surface area contributed by atoms with Gasteiger partial charge in [0, 0.05) is 10.7 Å². The van der Waals surface area contributed by atoms with Gasteiger partial charge in [-0.05, 0) is 77.3 Å². The standard InChI is InChI=1S/C25H20BrClN2O2/c1-16-8-17(2)10-19(9-16)15-31-24-7-6-18(12-23(24)26)11-20(14-28)25(30)29-22-5-3-4-21(27)13-22/h3-13H,15H2,1-2H3,(H,29,30)/b20-11+. The smallest absolute Gasteiger partial charge is 0.266 e. The molecule has 0 spiro atoms. The number of aryl methyl sites for hydroxylation is 2. The maximum absolute atomic E-state index is 12.4. The normalized spacial score (nSPS) is 11.0. The van der Waals surface area contributed by atoms with Crippen LogP contribution in [-0.4, -0.2) is 5.91 Å². The number of nitrogens with zero attached hydrogens (tertiary/aromatic N) is 1. The average molecular weight is 496 g/mol. The van der Waals surface area contributed by atoms with Gasteiger partial charge in [0.25, 0.3) is 5.91 Å². The molecule has 0 unspecified atom stereocenters. The quantitative estimate of drug-likeness (QED) is 0.301. The van der Waals surface area contributed by atoms with E-state index in [0.29, 0.717) is 28.6 Å². The summed E-state index contributed by atoms with van der Waals surface area (Å²) in [6.07, 6.45) is 1.53. The fourth-order valence-corrected chi connectivity index (χ4v) is 3.82. The molecule has 0 bridgehead atoms. The number of rotatable bonds is 6. The van der Waals surface area contributed by atoms with Crippen molar-refractivity contribution in [2.75, 3.05) is 5.32 Å². The highest BCUT2D eigenvalue weighted by molar-refractivity contribution is 9.10. The first kappa shape index (κ1) is 22.6. The van der Waals surface area contributed by atoms with E-state index in [1.807, 2.05) is 12.1 Å². The van der Waals surface area contributed by atoms with Gasteiger partial charge in [-0.25, -0.2) is 0 Å². The van der Waals surface area contributed by atoms with E-state index in [9.17, 15) is 10.1 Å². The highest BCUT2D eigenvalue weighted by atomic mass is 79.9. The van der Waals surface area contributed by atoms with Crippen molar-refractivity contribution in [3.8, 4) is 11.8 Å². The fourth-order valence-electron chi connectivity index (χ4n) is 3.12. The number of hydrogen-bond donors (Lipinski definition) is 1. The second kappa shape index (κ2) is 10.3. The summed E-state index contributed by atoms with van der Waals surface area (Å²) in [5.74, 6) is 0.175. The summed E-state index contributed by atoms with van der Waals surface area (Å²) in [7, 11) is 0. The Bertz CT molecular complexity index is 1180. The van der Waals surface area contributed by atoms with E-state index in [1.54, 1.807) is 36.4 Å². The molecule has 4 nitrogen and oxygen atoms in total. The van der Waals surface area contributed by atoms with Gasteiger partial charge in [0.05, 0.1) is 4.47 Å². The Kier molecular flexibility index (Phi) is 7.51. The van der Waals surface area contributed by atoms with Crippen LogP contribution in [0.15, 0.2) is 70.7 Å². The SMILES string of the molecule is Cc1cc(C)cc(COc2ccc(/C=C(\C#N)C(=O)Nc3cccc(Cl)c3)cc2Br)c1. The molecule has 31 heavy (non-hydrogen) atoms. The minimum atomic E-state index is -0.504. The second-order valence-electron chi connectivity index (χ2n) is 7.11. The van der Waals surface area contributed by atoms with Crippen LogP contribution < -0.4 is 10.1 Å². The summed E-state index contributed by atoms with van der Waals surface area (Å²) in [5.41, 5.74) is 4.68. The van der Waals surface area contributed by atoms with Crippen LogP contribution in [0, 0.1) is 25.2 Å². The number of carbonyl (C=O) groups excluding carboxylic acids is 1. The molecule has 3 aromatic carbocycles. The Morgan fingerprint density at radius 3 is 2.52 bits per heavy atom. The van der Waals surface area contributed by atoms with Gasteiger partial charge in [-0.3, -0.25) is 4.79 Å². The van der Waals surface area contributed by atoms with E-state index in [4.69, 9.17) is 16.3 Å². The van der Waals surface area contributed by atoms with Gasteiger partial charge in [-0.2, -0.15) is 5.26 Å². The third-order valence-electron chi connectivity index (χ3n) is 4.39. The lowest BCUT2D eigenvalue weighted by atomic mass is 10.1. The first-order chi connectivity index (χ1) is 14.8. The zero-order valence-electron chi connectivity index (χ0n) is 17.1. The molecule has 3 rings (SSSR count). The van der Waals surface area contributed by atoms with E-state index >= 15 is 0 Å². The minimum absolute atomic E-state index is 0.0178. The molecule has 156 valence electrons. The van der Waals surface area contributed by atoms with Crippen molar-refractivity contribution < 1.29 is 9.53 Å². The first-order valence-electron chi connectivity index (χ1n) is 9.52. The zero-order chi connectivity index (χ0) is 22.4. The van der Waals surface area contributed by atoms with Crippen molar-refractivity contribution in [2.45, 2.75) is 20.5 Å². The predicted molar refractivity (Wildman–Crippen MR) is 128 cm³/mol. The topological polar surface area (TPSA) is 62.1 Å². The van der Waals surface area contributed by atoms with Gasteiger partial charge in [0.1, 0.15) is 24.0 Å². The Morgan fingerprint density at radius 1 is 1.13 bits per heavy atom. The lowest BCUT2D eigenvalue weighted by Crippen LogP contribution is -2.13. The predicted octanol–water partition coefficient (Wildman–Crippen LogP) is 6.84. The van der Waals surface area contributed by atoms with Crippen LogP contribution in [0.1, 0.15) is 22.3 Å². The van der Waals surface area contributed by atoms with E-state index in [0.717, 1.165) is 10.0 Å². The van der Waals surface area contributed by atoms with E-state index < -0.39 is 5.91 Å². The molecule has 0 radical (unpaired) electrons. The largest absolute Gasteiger partial charge is 0.488 e. The fraction of sp³-hybridized carbons (Fsp3) is 0.120. The number of nitriles is 1. The number of halogens is 2. The lowest BCUT2D eigenvalue weighted by molar-refractivity contribution is -0.112. The van der Waals surface area contributed by atoms with Crippen LogP contribution in [0.2, 0.25) is 5.02 Å². The van der Waals surface area contributed by atoms with Crippen molar-refractivity contribution in [1.29, 1.82) is 5.26 Å². The molecule has 0 saturated carbocycles. The molecule has 6 heteroatoms. The van der Waals surface area contributed by atoms with Crippen LogP contribution in [0.3, 0.4) is 0 Å². The number of hydrogen-bond acceptors (Lipinski definition) is 3. The Labute approximate surface area is 195 Å². The van der Waals surface area contributed by atoms with Crippen LogP contribution >= 0.6 is 27.5 Å². The van der Waals surface area contributed by atoms with Gasteiger partial charge in [0.2, 0.25) is 0 Å². The molecule has 1 amide bonds. The maximum Gasteiger partial charge on any atom is 0.266 e. The monoisotopic (exact) mass is 494 g/mol. The molecule has 1 N–H and O–H groups in total. The number of benzene rings is 3. The van der Waals surface area contributed by atoms with E-state index in [2.05, 4.69) is 53.3 Å². The summed E-state index contributed by atoms with van der Waals surface area (Å²) in [6, 6.07) is 20.4. The number of nitrogens with one attached hydrogen (secondary N) is 1. The first-order valence-corrected chi connectivity index (χ1v) is 10.7. The molecule has 0 aliphatic heterocycles. The van der Waals surface area contributed by atoms with Crippen LogP contribution in [0.4, 0.5) is 5.69 Å². The molecular formula is C25H20BrClN2O2. The van der Waals surface area contributed by atoms with Gasteiger partial charge >= 0.3 is 0 Å². The Hall–Kier alpha value is -3.07. The second-order valence-corrected chi connectivity index (χ2v) is 8.40. The summed E-state index contributed by atoms with van der Waals surface area (Å²) in [6.45, 7) is 4.56. The number of ether oxygens (including phenoxy) is 1.